The van der Waals surface area contributed by atoms with Crippen LogP contribution >= 0.6 is 15.9 Å². The van der Waals surface area contributed by atoms with Gasteiger partial charge >= 0.3 is 0 Å². The molecule has 2 rings (SSSR count). The van der Waals surface area contributed by atoms with Gasteiger partial charge < -0.3 is 10.5 Å². The van der Waals surface area contributed by atoms with E-state index in [1.54, 1.807) is 12.3 Å². The highest BCUT2D eigenvalue weighted by molar-refractivity contribution is 9.10. The summed E-state index contributed by atoms with van der Waals surface area (Å²) in [5.41, 5.74) is 7.60. The van der Waals surface area contributed by atoms with Gasteiger partial charge in [-0.2, -0.15) is 0 Å². The normalized spacial score (nSPS) is 12.2. The van der Waals surface area contributed by atoms with Crippen LogP contribution in [0.4, 0.5) is 4.39 Å². The summed E-state index contributed by atoms with van der Waals surface area (Å²) in [5, 5.41) is 0. The molecule has 1 aromatic carbocycles. The smallest absolute Gasteiger partial charge is 0.138 e. The Morgan fingerprint density at radius 3 is 2.81 bits per heavy atom. The molecule has 2 N–H and O–H groups in total. The molecule has 0 fully saturated rings. The second-order valence-electron chi connectivity index (χ2n) is 4.86. The Morgan fingerprint density at radius 1 is 1.33 bits per heavy atom. The minimum Gasteiger partial charge on any atom is -0.487 e. The van der Waals surface area contributed by atoms with Crippen molar-refractivity contribution in [3.63, 3.8) is 0 Å². The highest BCUT2D eigenvalue weighted by Crippen LogP contribution is 2.22. The Balaban J connectivity index is 1.96. The molecule has 21 heavy (non-hydrogen) atoms. The molecular weight excluding hydrogens is 335 g/mol. The number of aromatic nitrogens is 1. The molecular formula is C16H18BrFN2O. The van der Waals surface area contributed by atoms with Gasteiger partial charge in [0.25, 0.3) is 0 Å². The van der Waals surface area contributed by atoms with Gasteiger partial charge in [0, 0.05) is 23.7 Å². The first-order valence-electron chi connectivity index (χ1n) is 6.86. The molecule has 0 aliphatic carbocycles. The number of halogens is 2. The van der Waals surface area contributed by atoms with E-state index in [-0.39, 0.29) is 18.5 Å². The lowest BCUT2D eigenvalue weighted by molar-refractivity contribution is 0.303. The van der Waals surface area contributed by atoms with Gasteiger partial charge in [-0.25, -0.2) is 4.39 Å². The van der Waals surface area contributed by atoms with E-state index in [1.165, 1.54) is 6.07 Å². The predicted octanol–water partition coefficient (Wildman–Crippen LogP) is 3.84. The largest absolute Gasteiger partial charge is 0.487 e. The third-order valence-corrected chi connectivity index (χ3v) is 4.11. The van der Waals surface area contributed by atoms with Gasteiger partial charge in [-0.05, 0) is 40.5 Å². The van der Waals surface area contributed by atoms with Crippen molar-refractivity contribution in [1.29, 1.82) is 0 Å². The minimum atomic E-state index is -0.293. The summed E-state index contributed by atoms with van der Waals surface area (Å²) >= 11 is 3.22. The van der Waals surface area contributed by atoms with Crippen LogP contribution in [0.3, 0.4) is 0 Å². The van der Waals surface area contributed by atoms with Crippen molar-refractivity contribution in [2.24, 2.45) is 5.73 Å². The summed E-state index contributed by atoms with van der Waals surface area (Å²) < 4.78 is 19.4. The average molecular weight is 353 g/mol. The minimum absolute atomic E-state index is 0.132. The molecule has 1 aromatic heterocycles. The highest BCUT2D eigenvalue weighted by atomic mass is 79.9. The number of hydrogen-bond acceptors (Lipinski definition) is 3. The van der Waals surface area contributed by atoms with E-state index in [4.69, 9.17) is 10.5 Å². The third kappa shape index (κ3) is 4.51. The van der Waals surface area contributed by atoms with Gasteiger partial charge in [-0.1, -0.05) is 19.1 Å². The molecule has 0 bridgehead atoms. The molecule has 1 heterocycles. The number of benzene rings is 1. The summed E-state index contributed by atoms with van der Waals surface area (Å²) in [6.07, 6.45) is 3.35. The second kappa shape index (κ2) is 7.52. The zero-order chi connectivity index (χ0) is 15.2. The fourth-order valence-corrected chi connectivity index (χ4v) is 2.23. The number of rotatable bonds is 6. The Hall–Kier alpha value is -1.46. The summed E-state index contributed by atoms with van der Waals surface area (Å²) in [5.74, 6) is 0.359. The molecule has 0 aliphatic heterocycles. The van der Waals surface area contributed by atoms with Crippen molar-refractivity contribution in [1.82, 2.24) is 4.98 Å². The Labute approximate surface area is 132 Å². The van der Waals surface area contributed by atoms with Crippen LogP contribution < -0.4 is 10.5 Å². The predicted molar refractivity (Wildman–Crippen MR) is 84.6 cm³/mol. The maximum atomic E-state index is 13.4. The van der Waals surface area contributed by atoms with Gasteiger partial charge in [0.2, 0.25) is 0 Å². The monoisotopic (exact) mass is 352 g/mol. The maximum absolute atomic E-state index is 13.4. The van der Waals surface area contributed by atoms with Crippen LogP contribution in [0.2, 0.25) is 0 Å². The Morgan fingerprint density at radius 2 is 2.14 bits per heavy atom. The van der Waals surface area contributed by atoms with Crippen molar-refractivity contribution in [2.75, 3.05) is 0 Å². The number of nitrogens with two attached hydrogens (primary N) is 1. The van der Waals surface area contributed by atoms with Gasteiger partial charge in [-0.3, -0.25) is 4.98 Å². The van der Waals surface area contributed by atoms with Crippen LogP contribution in [0.5, 0.6) is 5.75 Å². The Kier molecular flexibility index (Phi) is 5.70. The number of hydrogen-bond donors (Lipinski definition) is 1. The van der Waals surface area contributed by atoms with Crippen molar-refractivity contribution in [3.05, 3.63) is 58.1 Å². The van der Waals surface area contributed by atoms with Crippen molar-refractivity contribution in [3.8, 4) is 5.75 Å². The molecule has 3 nitrogen and oxygen atoms in total. The molecule has 0 aliphatic rings. The first-order chi connectivity index (χ1) is 10.1. The maximum Gasteiger partial charge on any atom is 0.138 e. The van der Waals surface area contributed by atoms with Crippen molar-refractivity contribution in [2.45, 2.75) is 32.4 Å². The quantitative estimate of drug-likeness (QED) is 0.858. The summed E-state index contributed by atoms with van der Waals surface area (Å²) in [4.78, 5) is 4.33. The molecule has 0 spiro atoms. The molecule has 112 valence electrons. The molecule has 0 saturated carbocycles. The summed E-state index contributed by atoms with van der Waals surface area (Å²) in [7, 11) is 0. The van der Waals surface area contributed by atoms with Crippen molar-refractivity contribution >= 4 is 15.9 Å². The highest BCUT2D eigenvalue weighted by Gasteiger charge is 2.07. The first-order valence-corrected chi connectivity index (χ1v) is 7.65. The van der Waals surface area contributed by atoms with E-state index in [0.717, 1.165) is 24.1 Å². The summed E-state index contributed by atoms with van der Waals surface area (Å²) in [6, 6.07) is 8.78. The molecule has 1 atom stereocenters. The number of ether oxygens (including phenoxy) is 1. The molecule has 1 unspecified atom stereocenters. The lowest BCUT2D eigenvalue weighted by atomic mass is 10.1. The SMILES string of the molecule is CCC(N)Cc1ccc(OCc2cccc(F)c2Br)cn1. The molecule has 0 amide bonds. The lowest BCUT2D eigenvalue weighted by Gasteiger charge is -2.10. The number of pyridine rings is 1. The van der Waals surface area contributed by atoms with Crippen LogP contribution in [0.1, 0.15) is 24.6 Å². The fourth-order valence-electron chi connectivity index (χ4n) is 1.85. The van der Waals surface area contributed by atoms with E-state index >= 15 is 0 Å². The van der Waals surface area contributed by atoms with Crippen molar-refractivity contribution < 1.29 is 9.13 Å². The zero-order valence-electron chi connectivity index (χ0n) is 11.9. The van der Waals surface area contributed by atoms with Crippen LogP contribution in [0.15, 0.2) is 41.0 Å². The van der Waals surface area contributed by atoms with E-state index in [2.05, 4.69) is 27.8 Å². The standard InChI is InChI=1S/C16H18BrFN2O/c1-2-12(19)8-13-6-7-14(9-20-13)21-10-11-4-3-5-15(18)16(11)17/h3-7,9,12H,2,8,10,19H2,1H3. The molecule has 0 saturated heterocycles. The van der Waals surface area contributed by atoms with Gasteiger partial charge in [-0.15, -0.1) is 0 Å². The van der Waals surface area contributed by atoms with Gasteiger partial charge in [0.1, 0.15) is 18.2 Å². The van der Waals surface area contributed by atoms with Crippen LogP contribution in [0.25, 0.3) is 0 Å². The second-order valence-corrected chi connectivity index (χ2v) is 5.65. The fraction of sp³-hybridized carbons (Fsp3) is 0.312. The van der Waals surface area contributed by atoms with Crippen LogP contribution in [-0.4, -0.2) is 11.0 Å². The number of nitrogens with zero attached hydrogens (tertiary/aromatic N) is 1. The van der Waals surface area contributed by atoms with E-state index < -0.39 is 0 Å². The molecule has 5 heteroatoms. The molecule has 2 aromatic rings. The van der Waals surface area contributed by atoms with Crippen LogP contribution in [0, 0.1) is 5.82 Å². The average Bonchev–Trinajstić information content (AvgIpc) is 2.50. The topological polar surface area (TPSA) is 48.1 Å². The molecule has 0 radical (unpaired) electrons. The first kappa shape index (κ1) is 15.9. The van der Waals surface area contributed by atoms with Gasteiger partial charge in [0.05, 0.1) is 10.7 Å². The Bertz CT molecular complexity index is 589. The van der Waals surface area contributed by atoms with E-state index in [1.807, 2.05) is 18.2 Å². The van der Waals surface area contributed by atoms with Gasteiger partial charge in [0.15, 0.2) is 0 Å². The van der Waals surface area contributed by atoms with Crippen LogP contribution in [-0.2, 0) is 13.0 Å². The van der Waals surface area contributed by atoms with E-state index in [9.17, 15) is 4.39 Å². The van der Waals surface area contributed by atoms with E-state index in [0.29, 0.717) is 10.2 Å². The lowest BCUT2D eigenvalue weighted by Crippen LogP contribution is -2.21. The third-order valence-electron chi connectivity index (χ3n) is 3.22. The zero-order valence-corrected chi connectivity index (χ0v) is 13.4. The summed E-state index contributed by atoms with van der Waals surface area (Å²) in [6.45, 7) is 2.34.